The summed E-state index contributed by atoms with van der Waals surface area (Å²) in [7, 11) is 5.37. The van der Waals surface area contributed by atoms with Gasteiger partial charge in [-0.2, -0.15) is 0 Å². The molecule has 0 saturated carbocycles. The highest BCUT2D eigenvalue weighted by Crippen LogP contribution is 2.09. The first kappa shape index (κ1) is 21.0. The summed E-state index contributed by atoms with van der Waals surface area (Å²) in [5.74, 6) is 0.570. The van der Waals surface area contributed by atoms with Gasteiger partial charge in [-0.25, -0.2) is 0 Å². The number of benzene rings is 1. The summed E-state index contributed by atoms with van der Waals surface area (Å²) < 4.78 is 10.3. The van der Waals surface area contributed by atoms with Gasteiger partial charge in [0.05, 0.1) is 20.1 Å². The first-order chi connectivity index (χ1) is 12.0. The third kappa shape index (κ3) is 9.72. The van der Waals surface area contributed by atoms with E-state index in [2.05, 4.69) is 9.64 Å². The van der Waals surface area contributed by atoms with E-state index in [1.165, 1.54) is 7.11 Å². The zero-order valence-corrected chi connectivity index (χ0v) is 15.6. The molecule has 0 bridgehead atoms. The maximum Gasteiger partial charge on any atom is 0.307 e. The van der Waals surface area contributed by atoms with Crippen molar-refractivity contribution in [1.29, 1.82) is 0 Å². The maximum atomic E-state index is 12.4. The van der Waals surface area contributed by atoms with Crippen molar-refractivity contribution >= 4 is 11.9 Å². The van der Waals surface area contributed by atoms with Crippen LogP contribution < -0.4 is 4.74 Å². The third-order valence-electron chi connectivity index (χ3n) is 3.75. The number of para-hydroxylation sites is 1. The predicted molar refractivity (Wildman–Crippen MR) is 97.6 cm³/mol. The van der Waals surface area contributed by atoms with E-state index in [0.29, 0.717) is 32.5 Å². The number of rotatable bonds is 12. The van der Waals surface area contributed by atoms with Crippen molar-refractivity contribution in [3.8, 4) is 5.75 Å². The van der Waals surface area contributed by atoms with Crippen LogP contribution in [0.25, 0.3) is 0 Å². The number of nitrogens with zero attached hydrogens (tertiary/aromatic N) is 2. The van der Waals surface area contributed by atoms with E-state index >= 15 is 0 Å². The third-order valence-corrected chi connectivity index (χ3v) is 3.75. The van der Waals surface area contributed by atoms with Crippen molar-refractivity contribution < 1.29 is 19.1 Å². The van der Waals surface area contributed by atoms with Crippen molar-refractivity contribution in [1.82, 2.24) is 9.80 Å². The second kappa shape index (κ2) is 12.3. The largest absolute Gasteiger partial charge is 0.494 e. The molecule has 1 amide bonds. The van der Waals surface area contributed by atoms with E-state index in [9.17, 15) is 9.59 Å². The van der Waals surface area contributed by atoms with Crippen LogP contribution in [0, 0.1) is 0 Å². The van der Waals surface area contributed by atoms with Crippen molar-refractivity contribution in [3.63, 3.8) is 0 Å². The Morgan fingerprint density at radius 3 is 2.32 bits per heavy atom. The van der Waals surface area contributed by atoms with Crippen molar-refractivity contribution in [3.05, 3.63) is 30.3 Å². The van der Waals surface area contributed by atoms with Crippen LogP contribution in [0.3, 0.4) is 0 Å². The molecule has 0 N–H and O–H groups in total. The molecule has 0 unspecified atom stereocenters. The Hall–Kier alpha value is -2.08. The fraction of sp³-hybridized carbons (Fsp3) is 0.579. The van der Waals surface area contributed by atoms with Crippen LogP contribution in [0.1, 0.15) is 25.7 Å². The summed E-state index contributed by atoms with van der Waals surface area (Å²) in [4.78, 5) is 27.6. The molecule has 0 aliphatic carbocycles. The van der Waals surface area contributed by atoms with Gasteiger partial charge in [0.15, 0.2) is 0 Å². The number of carbonyl (C=O) groups excluding carboxylic acids is 2. The molecule has 25 heavy (non-hydrogen) atoms. The monoisotopic (exact) mass is 350 g/mol. The lowest BCUT2D eigenvalue weighted by Crippen LogP contribution is -2.35. The second-order valence-electron chi connectivity index (χ2n) is 6.13. The molecule has 140 valence electrons. The molecular weight excluding hydrogens is 320 g/mol. The molecule has 1 rings (SSSR count). The molecule has 0 aromatic heterocycles. The van der Waals surface area contributed by atoms with Gasteiger partial charge in [0.1, 0.15) is 5.75 Å². The Bertz CT molecular complexity index is 505. The minimum atomic E-state index is -0.294. The Kier molecular flexibility index (Phi) is 10.3. The number of hydrogen-bond donors (Lipinski definition) is 0. The Morgan fingerprint density at radius 1 is 0.960 bits per heavy atom. The molecule has 6 heteroatoms. The van der Waals surface area contributed by atoms with E-state index in [4.69, 9.17) is 4.74 Å². The normalized spacial score (nSPS) is 10.6. The summed E-state index contributed by atoms with van der Waals surface area (Å²) in [5, 5.41) is 0. The molecule has 6 nitrogen and oxygen atoms in total. The van der Waals surface area contributed by atoms with Gasteiger partial charge in [0.2, 0.25) is 5.91 Å². The topological polar surface area (TPSA) is 59.1 Å². The summed E-state index contributed by atoms with van der Waals surface area (Å²) >= 11 is 0. The number of carbonyl (C=O) groups is 2. The fourth-order valence-electron chi connectivity index (χ4n) is 2.36. The molecule has 0 aliphatic rings. The summed E-state index contributed by atoms with van der Waals surface area (Å²) in [6.45, 7) is 2.45. The zero-order chi connectivity index (χ0) is 18.5. The number of methoxy groups -OCH3 is 1. The molecule has 1 aromatic carbocycles. The fourth-order valence-corrected chi connectivity index (χ4v) is 2.36. The standard InChI is InChI=1S/C19H30N2O4/c1-20(2)13-8-14-21(15-12-19(23)24-3)18(22)11-7-16-25-17-9-5-4-6-10-17/h4-6,9-10H,7-8,11-16H2,1-3H3. The molecule has 0 fully saturated rings. The van der Waals surface area contributed by atoms with E-state index in [0.717, 1.165) is 18.7 Å². The van der Waals surface area contributed by atoms with Crippen LogP contribution in [0.2, 0.25) is 0 Å². The first-order valence-corrected chi connectivity index (χ1v) is 8.70. The minimum absolute atomic E-state index is 0.0549. The van der Waals surface area contributed by atoms with Crippen molar-refractivity contribution in [2.45, 2.75) is 25.7 Å². The number of amides is 1. The molecule has 0 aliphatic heterocycles. The predicted octanol–water partition coefficient (Wildman–Crippen LogP) is 2.19. The molecular formula is C19H30N2O4. The van der Waals surface area contributed by atoms with Gasteiger partial charge in [-0.05, 0) is 45.6 Å². The molecule has 0 spiro atoms. The highest BCUT2D eigenvalue weighted by atomic mass is 16.5. The minimum Gasteiger partial charge on any atom is -0.494 e. The maximum absolute atomic E-state index is 12.4. The molecule has 0 radical (unpaired) electrons. The lowest BCUT2D eigenvalue weighted by Gasteiger charge is -2.23. The number of ether oxygens (including phenoxy) is 2. The lowest BCUT2D eigenvalue weighted by atomic mass is 10.2. The summed E-state index contributed by atoms with van der Waals surface area (Å²) in [6, 6.07) is 9.56. The molecule has 0 atom stereocenters. The highest BCUT2D eigenvalue weighted by Gasteiger charge is 2.15. The average Bonchev–Trinajstić information content (AvgIpc) is 2.61. The zero-order valence-electron chi connectivity index (χ0n) is 15.6. The molecule has 0 saturated heterocycles. The number of hydrogen-bond acceptors (Lipinski definition) is 5. The van der Waals surface area contributed by atoms with Gasteiger partial charge in [0, 0.05) is 19.5 Å². The van der Waals surface area contributed by atoms with Crippen LogP contribution in [0.15, 0.2) is 30.3 Å². The smallest absolute Gasteiger partial charge is 0.307 e. The second-order valence-corrected chi connectivity index (χ2v) is 6.13. The van der Waals surface area contributed by atoms with Crippen LogP contribution in [-0.2, 0) is 14.3 Å². The molecule has 0 heterocycles. The highest BCUT2D eigenvalue weighted by molar-refractivity contribution is 5.77. The van der Waals surface area contributed by atoms with E-state index in [1.54, 1.807) is 4.90 Å². The van der Waals surface area contributed by atoms with E-state index < -0.39 is 0 Å². The Labute approximate surface area is 150 Å². The first-order valence-electron chi connectivity index (χ1n) is 8.70. The summed E-state index contributed by atoms with van der Waals surface area (Å²) in [6.07, 6.45) is 2.16. The van der Waals surface area contributed by atoms with Gasteiger partial charge < -0.3 is 19.3 Å². The van der Waals surface area contributed by atoms with Crippen LogP contribution in [0.4, 0.5) is 0 Å². The van der Waals surface area contributed by atoms with Crippen LogP contribution in [0.5, 0.6) is 5.75 Å². The Balaban J connectivity index is 2.37. The van der Waals surface area contributed by atoms with Crippen molar-refractivity contribution in [2.75, 3.05) is 47.4 Å². The average molecular weight is 350 g/mol. The van der Waals surface area contributed by atoms with Crippen molar-refractivity contribution in [2.24, 2.45) is 0 Å². The van der Waals surface area contributed by atoms with Gasteiger partial charge in [0.25, 0.3) is 0 Å². The van der Waals surface area contributed by atoms with E-state index in [-0.39, 0.29) is 18.3 Å². The molecule has 1 aromatic rings. The summed E-state index contributed by atoms with van der Waals surface area (Å²) in [5.41, 5.74) is 0. The number of esters is 1. The van der Waals surface area contributed by atoms with Gasteiger partial charge in [-0.3, -0.25) is 9.59 Å². The van der Waals surface area contributed by atoms with Crippen LogP contribution in [-0.4, -0.2) is 69.1 Å². The lowest BCUT2D eigenvalue weighted by molar-refractivity contribution is -0.141. The Morgan fingerprint density at radius 2 is 1.68 bits per heavy atom. The van der Waals surface area contributed by atoms with Gasteiger partial charge in [-0.15, -0.1) is 0 Å². The van der Waals surface area contributed by atoms with E-state index in [1.807, 2.05) is 44.4 Å². The van der Waals surface area contributed by atoms with Gasteiger partial charge in [-0.1, -0.05) is 18.2 Å². The van der Waals surface area contributed by atoms with Gasteiger partial charge >= 0.3 is 5.97 Å². The SMILES string of the molecule is COC(=O)CCN(CCCN(C)C)C(=O)CCCOc1ccccc1. The quantitative estimate of drug-likeness (QED) is 0.427. The van der Waals surface area contributed by atoms with Crippen LogP contribution >= 0.6 is 0 Å².